The molecule has 0 radical (unpaired) electrons. The molecule has 146 valence electrons. The molecule has 0 aromatic heterocycles. The van der Waals surface area contributed by atoms with Gasteiger partial charge in [-0.25, -0.2) is 8.42 Å². The molecule has 2 rings (SSSR count). The molecule has 0 amide bonds. The molecule has 0 heterocycles. The monoisotopic (exact) mass is 387 g/mol. The van der Waals surface area contributed by atoms with Crippen LogP contribution in [-0.4, -0.2) is 34.2 Å². The molecular formula is C21H29N3O2S. The SMILES string of the molecule is CN=C(NCCc1cc(C)cc(C)c1)NCc1ccc(S(C)(=O)=O)c(C)c1. The molecule has 2 aromatic rings. The van der Waals surface area contributed by atoms with Gasteiger partial charge in [-0.2, -0.15) is 0 Å². The Labute approximate surface area is 162 Å². The van der Waals surface area contributed by atoms with Crippen LogP contribution in [0.15, 0.2) is 46.3 Å². The van der Waals surface area contributed by atoms with E-state index in [2.05, 4.69) is 47.7 Å². The van der Waals surface area contributed by atoms with Crippen molar-refractivity contribution in [2.24, 2.45) is 4.99 Å². The lowest BCUT2D eigenvalue weighted by molar-refractivity contribution is 0.601. The van der Waals surface area contributed by atoms with Crippen LogP contribution in [0.1, 0.15) is 27.8 Å². The number of rotatable bonds is 6. The summed E-state index contributed by atoms with van der Waals surface area (Å²) in [6.07, 6.45) is 2.15. The van der Waals surface area contributed by atoms with Gasteiger partial charge >= 0.3 is 0 Å². The summed E-state index contributed by atoms with van der Waals surface area (Å²) in [4.78, 5) is 4.62. The van der Waals surface area contributed by atoms with Crippen LogP contribution in [0.4, 0.5) is 0 Å². The average Bonchev–Trinajstić information content (AvgIpc) is 2.56. The van der Waals surface area contributed by atoms with Crippen molar-refractivity contribution >= 4 is 15.8 Å². The number of nitrogens with zero attached hydrogens (tertiary/aromatic N) is 1. The molecule has 0 fully saturated rings. The molecule has 27 heavy (non-hydrogen) atoms. The molecule has 0 unspecified atom stereocenters. The van der Waals surface area contributed by atoms with Crippen LogP contribution < -0.4 is 10.6 Å². The van der Waals surface area contributed by atoms with Gasteiger partial charge in [0.25, 0.3) is 0 Å². The highest BCUT2D eigenvalue weighted by atomic mass is 32.2. The zero-order chi connectivity index (χ0) is 20.0. The zero-order valence-corrected chi connectivity index (χ0v) is 17.6. The number of nitrogens with one attached hydrogen (secondary N) is 2. The van der Waals surface area contributed by atoms with Crippen molar-refractivity contribution in [2.45, 2.75) is 38.6 Å². The van der Waals surface area contributed by atoms with Crippen LogP contribution in [-0.2, 0) is 22.8 Å². The van der Waals surface area contributed by atoms with Crippen molar-refractivity contribution in [3.63, 3.8) is 0 Å². The van der Waals surface area contributed by atoms with E-state index >= 15 is 0 Å². The van der Waals surface area contributed by atoms with Gasteiger partial charge in [0, 0.05) is 26.4 Å². The largest absolute Gasteiger partial charge is 0.356 e. The van der Waals surface area contributed by atoms with Gasteiger partial charge in [-0.1, -0.05) is 41.5 Å². The Balaban J connectivity index is 1.89. The molecule has 5 nitrogen and oxygen atoms in total. The van der Waals surface area contributed by atoms with E-state index in [0.717, 1.165) is 30.1 Å². The number of hydrogen-bond donors (Lipinski definition) is 2. The minimum Gasteiger partial charge on any atom is -0.356 e. The van der Waals surface area contributed by atoms with E-state index in [-0.39, 0.29) is 0 Å². The lowest BCUT2D eigenvalue weighted by Gasteiger charge is -2.13. The van der Waals surface area contributed by atoms with Gasteiger partial charge in [-0.15, -0.1) is 0 Å². The summed E-state index contributed by atoms with van der Waals surface area (Å²) in [6, 6.07) is 12.0. The molecule has 2 aromatic carbocycles. The van der Waals surface area contributed by atoms with Crippen molar-refractivity contribution in [2.75, 3.05) is 19.8 Å². The summed E-state index contributed by atoms with van der Waals surface area (Å²) < 4.78 is 23.4. The minimum absolute atomic E-state index is 0.377. The summed E-state index contributed by atoms with van der Waals surface area (Å²) in [5.74, 6) is 0.726. The molecule has 0 saturated carbocycles. The smallest absolute Gasteiger partial charge is 0.191 e. The number of aliphatic imine (C=N–C) groups is 1. The highest BCUT2D eigenvalue weighted by Crippen LogP contribution is 2.16. The second kappa shape index (κ2) is 9.04. The van der Waals surface area contributed by atoms with E-state index in [1.165, 1.54) is 22.9 Å². The number of benzene rings is 2. The minimum atomic E-state index is -3.19. The number of hydrogen-bond acceptors (Lipinski definition) is 3. The maximum absolute atomic E-state index is 11.7. The van der Waals surface area contributed by atoms with E-state index in [4.69, 9.17) is 0 Å². The van der Waals surface area contributed by atoms with E-state index < -0.39 is 9.84 Å². The number of sulfone groups is 1. The fourth-order valence-corrected chi connectivity index (χ4v) is 4.14. The summed E-state index contributed by atoms with van der Waals surface area (Å²) in [5, 5.41) is 6.59. The summed E-state index contributed by atoms with van der Waals surface area (Å²) in [6.45, 7) is 7.41. The molecule has 0 aliphatic heterocycles. The van der Waals surface area contributed by atoms with Crippen molar-refractivity contribution in [3.8, 4) is 0 Å². The van der Waals surface area contributed by atoms with Crippen molar-refractivity contribution < 1.29 is 8.42 Å². The predicted octanol–water partition coefficient (Wildman–Crippen LogP) is 2.92. The van der Waals surface area contributed by atoms with Crippen LogP contribution >= 0.6 is 0 Å². The normalized spacial score (nSPS) is 12.1. The summed E-state index contributed by atoms with van der Waals surface area (Å²) >= 11 is 0. The van der Waals surface area contributed by atoms with Crippen LogP contribution in [0.3, 0.4) is 0 Å². The Bertz CT molecular complexity index is 914. The second-order valence-electron chi connectivity index (χ2n) is 6.97. The van der Waals surface area contributed by atoms with Crippen LogP contribution in [0.5, 0.6) is 0 Å². The third-order valence-corrected chi connectivity index (χ3v) is 5.57. The average molecular weight is 388 g/mol. The lowest BCUT2D eigenvalue weighted by Crippen LogP contribution is -2.37. The Morgan fingerprint density at radius 2 is 1.63 bits per heavy atom. The Hall–Kier alpha value is -2.34. The fourth-order valence-electron chi connectivity index (χ4n) is 3.18. The Morgan fingerprint density at radius 1 is 0.963 bits per heavy atom. The van der Waals surface area contributed by atoms with Gasteiger partial charge in [-0.05, 0) is 49.9 Å². The van der Waals surface area contributed by atoms with E-state index in [9.17, 15) is 8.42 Å². The molecule has 2 N–H and O–H groups in total. The first-order valence-electron chi connectivity index (χ1n) is 9.00. The maximum Gasteiger partial charge on any atom is 0.191 e. The quantitative estimate of drug-likeness (QED) is 0.591. The summed E-state index contributed by atoms with van der Waals surface area (Å²) in [7, 11) is -1.45. The number of aryl methyl sites for hydroxylation is 3. The number of guanidine groups is 1. The molecule has 0 spiro atoms. The van der Waals surface area contributed by atoms with Crippen LogP contribution in [0.25, 0.3) is 0 Å². The lowest BCUT2D eigenvalue weighted by atomic mass is 10.1. The highest BCUT2D eigenvalue weighted by molar-refractivity contribution is 7.90. The van der Waals surface area contributed by atoms with Crippen LogP contribution in [0, 0.1) is 20.8 Å². The molecule has 0 saturated heterocycles. The molecule has 0 aliphatic carbocycles. The van der Waals surface area contributed by atoms with Gasteiger partial charge in [0.15, 0.2) is 15.8 Å². The molecule has 0 aliphatic rings. The third-order valence-electron chi connectivity index (χ3n) is 4.31. The standard InChI is InChI=1S/C21H29N3O2S/c1-15-10-16(2)12-18(11-15)8-9-23-21(22-4)24-14-19-6-7-20(17(3)13-19)27(5,25)26/h6-7,10-13H,8-9,14H2,1-5H3,(H2,22,23,24). The van der Waals surface area contributed by atoms with Gasteiger partial charge in [-0.3, -0.25) is 4.99 Å². The van der Waals surface area contributed by atoms with E-state index in [0.29, 0.717) is 11.4 Å². The fraction of sp³-hybridized carbons (Fsp3) is 0.381. The van der Waals surface area contributed by atoms with Gasteiger partial charge < -0.3 is 10.6 Å². The molecular weight excluding hydrogens is 358 g/mol. The highest BCUT2D eigenvalue weighted by Gasteiger charge is 2.11. The second-order valence-corrected chi connectivity index (χ2v) is 8.95. The van der Waals surface area contributed by atoms with Crippen LogP contribution in [0.2, 0.25) is 0 Å². The van der Waals surface area contributed by atoms with Crippen molar-refractivity contribution in [1.82, 2.24) is 10.6 Å². The first-order chi connectivity index (χ1) is 12.7. The first-order valence-corrected chi connectivity index (χ1v) is 10.9. The Morgan fingerprint density at radius 3 is 2.19 bits per heavy atom. The third kappa shape index (κ3) is 6.40. The topological polar surface area (TPSA) is 70.6 Å². The van der Waals surface area contributed by atoms with Gasteiger partial charge in [0.1, 0.15) is 0 Å². The summed E-state index contributed by atoms with van der Waals surface area (Å²) in [5.41, 5.74) is 5.63. The predicted molar refractivity (Wildman–Crippen MR) is 112 cm³/mol. The molecule has 6 heteroatoms. The van der Waals surface area contributed by atoms with Crippen molar-refractivity contribution in [3.05, 3.63) is 64.2 Å². The van der Waals surface area contributed by atoms with Gasteiger partial charge in [0.2, 0.25) is 0 Å². The zero-order valence-electron chi connectivity index (χ0n) is 16.8. The van der Waals surface area contributed by atoms with E-state index in [1.807, 2.05) is 19.1 Å². The van der Waals surface area contributed by atoms with Crippen molar-refractivity contribution in [1.29, 1.82) is 0 Å². The molecule has 0 atom stereocenters. The van der Waals surface area contributed by atoms with Gasteiger partial charge in [0.05, 0.1) is 4.90 Å². The Kier molecular flexibility index (Phi) is 7.02. The first kappa shape index (κ1) is 21.0. The maximum atomic E-state index is 11.7. The molecule has 0 bridgehead atoms. The van der Waals surface area contributed by atoms with E-state index in [1.54, 1.807) is 13.1 Å².